The van der Waals surface area contributed by atoms with Crippen molar-refractivity contribution in [3.63, 3.8) is 0 Å². The Hall–Kier alpha value is -2.94. The van der Waals surface area contributed by atoms with Crippen LogP contribution in [0.1, 0.15) is 22.3 Å². The van der Waals surface area contributed by atoms with Gasteiger partial charge in [-0.05, 0) is 54.0 Å². The smallest absolute Gasteiger partial charge is 0.416 e. The molecule has 2 aromatic carbocycles. The molecule has 0 unspecified atom stereocenters. The third kappa shape index (κ3) is 4.13. The Kier molecular flexibility index (Phi) is 5.38. The lowest BCUT2D eigenvalue weighted by Gasteiger charge is -2.11. The number of aryl methyl sites for hydroxylation is 1. The molecule has 0 radical (unpaired) electrons. The van der Waals surface area contributed by atoms with Gasteiger partial charge in [0.1, 0.15) is 0 Å². The van der Waals surface area contributed by atoms with Crippen LogP contribution >= 0.6 is 0 Å². The van der Waals surface area contributed by atoms with Gasteiger partial charge in [-0.3, -0.25) is 0 Å². The summed E-state index contributed by atoms with van der Waals surface area (Å²) >= 11 is 0. The van der Waals surface area contributed by atoms with Crippen LogP contribution in [0.5, 0.6) is 11.5 Å². The molecule has 0 aliphatic rings. The quantitative estimate of drug-likeness (QED) is 0.571. The number of allylic oxidation sites excluding steroid dienone is 1. The zero-order valence-electron chi connectivity index (χ0n) is 13.9. The van der Waals surface area contributed by atoms with Gasteiger partial charge in [-0.1, -0.05) is 12.1 Å². The van der Waals surface area contributed by atoms with Crippen LogP contribution in [0.2, 0.25) is 0 Å². The number of nitrogens with zero attached hydrogens (tertiary/aromatic N) is 1. The molecular formula is C19H16F3NO2. The fourth-order valence-corrected chi connectivity index (χ4v) is 2.35. The summed E-state index contributed by atoms with van der Waals surface area (Å²) in [5, 5.41) is 9.40. The summed E-state index contributed by atoms with van der Waals surface area (Å²) in [7, 11) is 2.99. The van der Waals surface area contributed by atoms with Crippen molar-refractivity contribution in [2.24, 2.45) is 0 Å². The highest BCUT2D eigenvalue weighted by Gasteiger charge is 2.30. The monoisotopic (exact) mass is 347 g/mol. The number of methoxy groups -OCH3 is 2. The maximum Gasteiger partial charge on any atom is 0.416 e. The molecule has 0 saturated heterocycles. The number of alkyl halides is 3. The lowest BCUT2D eigenvalue weighted by molar-refractivity contribution is -0.137. The first kappa shape index (κ1) is 18.4. The van der Waals surface area contributed by atoms with Crippen LogP contribution in [0, 0.1) is 18.3 Å². The third-order valence-electron chi connectivity index (χ3n) is 3.69. The summed E-state index contributed by atoms with van der Waals surface area (Å²) in [6.07, 6.45) is -2.93. The number of ether oxygens (including phenoxy) is 2. The van der Waals surface area contributed by atoms with Gasteiger partial charge in [0.2, 0.25) is 0 Å². The topological polar surface area (TPSA) is 42.2 Å². The van der Waals surface area contributed by atoms with Crippen LogP contribution in [0.15, 0.2) is 36.4 Å². The number of rotatable bonds is 4. The minimum Gasteiger partial charge on any atom is -0.493 e. The molecule has 0 fully saturated rings. The van der Waals surface area contributed by atoms with Gasteiger partial charge < -0.3 is 9.47 Å². The van der Waals surface area contributed by atoms with E-state index in [9.17, 15) is 18.4 Å². The molecule has 2 aromatic rings. The maximum atomic E-state index is 12.9. The van der Waals surface area contributed by atoms with Gasteiger partial charge in [-0.2, -0.15) is 18.4 Å². The second kappa shape index (κ2) is 7.31. The van der Waals surface area contributed by atoms with Gasteiger partial charge in [-0.25, -0.2) is 0 Å². The molecule has 0 spiro atoms. The lowest BCUT2D eigenvalue weighted by Crippen LogP contribution is -2.04. The number of nitriles is 1. The fourth-order valence-electron chi connectivity index (χ4n) is 2.35. The standard InChI is InChI=1S/C19H16F3NO2/c1-12-7-17(24-2)18(25-3)10-14(12)8-15(11-23)13-5-4-6-16(9-13)19(20,21)22/h4-10H,1-3H3/b15-8-. The van der Waals surface area contributed by atoms with Gasteiger partial charge in [0.05, 0.1) is 31.4 Å². The summed E-state index contributed by atoms with van der Waals surface area (Å²) in [5.41, 5.74) is 0.993. The van der Waals surface area contributed by atoms with Gasteiger partial charge in [0.25, 0.3) is 0 Å². The summed E-state index contributed by atoms with van der Waals surface area (Å²) in [6, 6.07) is 10.1. The van der Waals surface area contributed by atoms with Crippen LogP contribution in [0.25, 0.3) is 11.6 Å². The van der Waals surface area contributed by atoms with Crippen LogP contribution < -0.4 is 9.47 Å². The maximum absolute atomic E-state index is 12.9. The summed E-state index contributed by atoms with van der Waals surface area (Å²) in [4.78, 5) is 0. The molecule has 0 aliphatic carbocycles. The molecule has 0 heterocycles. The molecule has 3 nitrogen and oxygen atoms in total. The predicted octanol–water partition coefficient (Wildman–Crippen LogP) is 5.10. The number of halogens is 3. The van der Waals surface area contributed by atoms with Crippen molar-refractivity contribution in [3.8, 4) is 17.6 Å². The minimum absolute atomic E-state index is 0.126. The van der Waals surface area contributed by atoms with E-state index < -0.39 is 11.7 Å². The first-order valence-electron chi connectivity index (χ1n) is 7.32. The first-order chi connectivity index (χ1) is 11.8. The third-order valence-corrected chi connectivity index (χ3v) is 3.69. The highest BCUT2D eigenvalue weighted by atomic mass is 19.4. The average Bonchev–Trinajstić information content (AvgIpc) is 2.59. The van der Waals surface area contributed by atoms with Crippen molar-refractivity contribution in [2.45, 2.75) is 13.1 Å². The van der Waals surface area contributed by atoms with Crippen LogP contribution in [-0.4, -0.2) is 14.2 Å². The average molecular weight is 347 g/mol. The molecule has 0 amide bonds. The van der Waals surface area contributed by atoms with E-state index in [1.807, 2.05) is 13.0 Å². The Morgan fingerprint density at radius 3 is 2.28 bits per heavy atom. The number of hydrogen-bond acceptors (Lipinski definition) is 3. The Morgan fingerprint density at radius 1 is 1.08 bits per heavy atom. The molecule has 0 aromatic heterocycles. The van der Waals surface area contributed by atoms with E-state index in [0.29, 0.717) is 17.1 Å². The zero-order chi connectivity index (χ0) is 18.6. The van der Waals surface area contributed by atoms with Crippen LogP contribution in [0.4, 0.5) is 13.2 Å². The largest absolute Gasteiger partial charge is 0.493 e. The number of hydrogen-bond donors (Lipinski definition) is 0. The summed E-state index contributed by atoms with van der Waals surface area (Å²) < 4.78 is 49.1. The molecule has 2 rings (SSSR count). The number of benzene rings is 2. The van der Waals surface area contributed by atoms with Crippen LogP contribution in [0.3, 0.4) is 0 Å². The molecule has 6 heteroatoms. The summed E-state index contributed by atoms with van der Waals surface area (Å²) in [5.74, 6) is 1.01. The molecule has 25 heavy (non-hydrogen) atoms. The second-order valence-electron chi connectivity index (χ2n) is 5.31. The van der Waals surface area contributed by atoms with E-state index in [0.717, 1.165) is 17.7 Å². The molecule has 130 valence electrons. The highest BCUT2D eigenvalue weighted by molar-refractivity contribution is 5.90. The fraction of sp³-hybridized carbons (Fsp3) is 0.211. The van der Waals surface area contributed by atoms with E-state index in [2.05, 4.69) is 0 Å². The van der Waals surface area contributed by atoms with Crippen LogP contribution in [-0.2, 0) is 6.18 Å². The normalized spacial score (nSPS) is 11.8. The molecule has 0 N–H and O–H groups in total. The predicted molar refractivity (Wildman–Crippen MR) is 89.2 cm³/mol. The van der Waals surface area contributed by atoms with E-state index in [1.165, 1.54) is 32.4 Å². The second-order valence-corrected chi connectivity index (χ2v) is 5.31. The van der Waals surface area contributed by atoms with Crippen molar-refractivity contribution < 1.29 is 22.6 Å². The van der Waals surface area contributed by atoms with Crippen molar-refractivity contribution in [2.75, 3.05) is 14.2 Å². The van der Waals surface area contributed by atoms with Gasteiger partial charge >= 0.3 is 6.18 Å². The Labute approximate surface area is 143 Å². The Morgan fingerprint density at radius 2 is 1.72 bits per heavy atom. The Balaban J connectivity index is 2.54. The van der Waals surface area contributed by atoms with Crippen molar-refractivity contribution >= 4 is 11.6 Å². The first-order valence-corrected chi connectivity index (χ1v) is 7.32. The van der Waals surface area contributed by atoms with E-state index in [1.54, 1.807) is 12.1 Å². The molecular weight excluding hydrogens is 331 g/mol. The van der Waals surface area contributed by atoms with Gasteiger partial charge in [0, 0.05) is 0 Å². The van der Waals surface area contributed by atoms with E-state index in [-0.39, 0.29) is 11.1 Å². The molecule has 0 saturated carbocycles. The van der Waals surface area contributed by atoms with E-state index in [4.69, 9.17) is 9.47 Å². The lowest BCUT2D eigenvalue weighted by atomic mass is 9.99. The Bertz CT molecular complexity index is 849. The minimum atomic E-state index is -4.46. The van der Waals surface area contributed by atoms with Crippen molar-refractivity contribution in [3.05, 3.63) is 58.7 Å². The van der Waals surface area contributed by atoms with Gasteiger partial charge in [0.15, 0.2) is 11.5 Å². The summed E-state index contributed by atoms with van der Waals surface area (Å²) in [6.45, 7) is 1.81. The molecule has 0 aliphatic heterocycles. The highest BCUT2D eigenvalue weighted by Crippen LogP contribution is 2.34. The van der Waals surface area contributed by atoms with E-state index >= 15 is 0 Å². The van der Waals surface area contributed by atoms with Crippen molar-refractivity contribution in [1.82, 2.24) is 0 Å². The molecule has 0 atom stereocenters. The zero-order valence-corrected chi connectivity index (χ0v) is 13.9. The van der Waals surface area contributed by atoms with Crippen molar-refractivity contribution in [1.29, 1.82) is 5.26 Å². The SMILES string of the molecule is COc1cc(C)c(/C=C(/C#N)c2cccc(C(F)(F)F)c2)cc1OC. The molecule has 0 bridgehead atoms. The van der Waals surface area contributed by atoms with Gasteiger partial charge in [-0.15, -0.1) is 0 Å².